The van der Waals surface area contributed by atoms with E-state index in [1.54, 1.807) is 0 Å². The first-order valence-corrected chi connectivity index (χ1v) is 7.19. The van der Waals surface area contributed by atoms with Gasteiger partial charge >= 0.3 is 5.97 Å². The molecular formula is C16H23NO2. The molecule has 0 bridgehead atoms. The van der Waals surface area contributed by atoms with Crippen molar-refractivity contribution >= 4 is 5.97 Å². The van der Waals surface area contributed by atoms with Gasteiger partial charge in [0.15, 0.2) is 0 Å². The molecule has 3 nitrogen and oxygen atoms in total. The maximum Gasteiger partial charge on any atom is 0.303 e. The van der Waals surface area contributed by atoms with Crippen LogP contribution in [-0.4, -0.2) is 29.1 Å². The van der Waals surface area contributed by atoms with Crippen LogP contribution in [0, 0.1) is 5.92 Å². The molecular weight excluding hydrogens is 238 g/mol. The van der Waals surface area contributed by atoms with Crippen molar-refractivity contribution in [1.82, 2.24) is 4.90 Å². The smallest absolute Gasteiger partial charge is 0.303 e. The van der Waals surface area contributed by atoms with Gasteiger partial charge in [0.05, 0.1) is 0 Å². The molecule has 2 rings (SSSR count). The van der Waals surface area contributed by atoms with Crippen LogP contribution in [0.4, 0.5) is 0 Å². The van der Waals surface area contributed by atoms with Gasteiger partial charge in [0.2, 0.25) is 0 Å². The molecule has 1 N–H and O–H groups in total. The zero-order chi connectivity index (χ0) is 13.7. The topological polar surface area (TPSA) is 40.5 Å². The Morgan fingerprint density at radius 2 is 1.79 bits per heavy atom. The van der Waals surface area contributed by atoms with Crippen molar-refractivity contribution < 1.29 is 9.90 Å². The van der Waals surface area contributed by atoms with Crippen LogP contribution in [0.15, 0.2) is 24.3 Å². The van der Waals surface area contributed by atoms with Gasteiger partial charge in [0.25, 0.3) is 0 Å². The van der Waals surface area contributed by atoms with Crippen molar-refractivity contribution in [2.45, 2.75) is 39.2 Å². The van der Waals surface area contributed by atoms with Crippen molar-refractivity contribution in [3.8, 4) is 0 Å². The fourth-order valence-corrected chi connectivity index (χ4v) is 2.73. The van der Waals surface area contributed by atoms with E-state index in [4.69, 9.17) is 5.11 Å². The van der Waals surface area contributed by atoms with Gasteiger partial charge in [0.1, 0.15) is 0 Å². The number of hydrogen-bond acceptors (Lipinski definition) is 2. The Balaban J connectivity index is 1.80. The molecule has 1 aromatic rings. The number of carboxylic acid groups (broad SMARTS) is 1. The lowest BCUT2D eigenvalue weighted by molar-refractivity contribution is -0.138. The molecule has 1 saturated heterocycles. The summed E-state index contributed by atoms with van der Waals surface area (Å²) in [5.74, 6) is -0.287. The first kappa shape index (κ1) is 14.1. The highest BCUT2D eigenvalue weighted by Crippen LogP contribution is 2.21. The quantitative estimate of drug-likeness (QED) is 0.886. The van der Waals surface area contributed by atoms with E-state index in [1.807, 2.05) is 0 Å². The molecule has 0 atom stereocenters. The molecule has 0 aromatic heterocycles. The van der Waals surface area contributed by atoms with Gasteiger partial charge < -0.3 is 5.11 Å². The SMILES string of the molecule is CCc1ccc(CN2CCC(CC(=O)O)CC2)cc1. The van der Waals surface area contributed by atoms with Gasteiger partial charge in [-0.2, -0.15) is 0 Å². The second-order valence-electron chi connectivity index (χ2n) is 5.49. The minimum Gasteiger partial charge on any atom is -0.481 e. The van der Waals surface area contributed by atoms with E-state index in [-0.39, 0.29) is 0 Å². The molecule has 0 spiro atoms. The Labute approximate surface area is 115 Å². The number of nitrogens with zero attached hydrogens (tertiary/aromatic N) is 1. The number of rotatable bonds is 5. The predicted octanol–water partition coefficient (Wildman–Crippen LogP) is 2.94. The van der Waals surface area contributed by atoms with Gasteiger partial charge in [-0.05, 0) is 49.4 Å². The van der Waals surface area contributed by atoms with Crippen LogP contribution in [0.3, 0.4) is 0 Å². The molecule has 0 unspecified atom stereocenters. The number of hydrogen-bond donors (Lipinski definition) is 1. The van der Waals surface area contributed by atoms with Crippen molar-refractivity contribution in [3.63, 3.8) is 0 Å². The summed E-state index contributed by atoms with van der Waals surface area (Å²) in [4.78, 5) is 13.1. The summed E-state index contributed by atoms with van der Waals surface area (Å²) in [6, 6.07) is 8.82. The van der Waals surface area contributed by atoms with Crippen molar-refractivity contribution in [2.24, 2.45) is 5.92 Å². The number of benzene rings is 1. The second kappa shape index (κ2) is 6.71. The first-order chi connectivity index (χ1) is 9.17. The monoisotopic (exact) mass is 261 g/mol. The van der Waals surface area contributed by atoms with Crippen LogP contribution < -0.4 is 0 Å². The van der Waals surface area contributed by atoms with E-state index in [0.717, 1.165) is 38.9 Å². The van der Waals surface area contributed by atoms with Gasteiger partial charge in [-0.3, -0.25) is 9.69 Å². The van der Waals surface area contributed by atoms with Gasteiger partial charge in [-0.15, -0.1) is 0 Å². The highest BCUT2D eigenvalue weighted by atomic mass is 16.4. The zero-order valence-electron chi connectivity index (χ0n) is 11.6. The van der Waals surface area contributed by atoms with Crippen molar-refractivity contribution in [1.29, 1.82) is 0 Å². The number of carbonyl (C=O) groups is 1. The molecule has 1 aliphatic heterocycles. The molecule has 0 radical (unpaired) electrons. The van der Waals surface area contributed by atoms with E-state index >= 15 is 0 Å². The van der Waals surface area contributed by atoms with Crippen LogP contribution in [0.5, 0.6) is 0 Å². The number of piperidine rings is 1. The summed E-state index contributed by atoms with van der Waals surface area (Å²) in [6.45, 7) is 5.20. The Hall–Kier alpha value is -1.35. The molecule has 0 amide bonds. The second-order valence-corrected chi connectivity index (χ2v) is 5.49. The molecule has 0 saturated carbocycles. The molecule has 19 heavy (non-hydrogen) atoms. The van der Waals surface area contributed by atoms with Crippen molar-refractivity contribution in [3.05, 3.63) is 35.4 Å². The van der Waals surface area contributed by atoms with E-state index in [0.29, 0.717) is 12.3 Å². The minimum atomic E-state index is -0.659. The Kier molecular flexibility index (Phi) is 4.97. The number of aryl methyl sites for hydroxylation is 1. The summed E-state index contributed by atoms with van der Waals surface area (Å²) in [6.07, 6.45) is 3.44. The Morgan fingerprint density at radius 1 is 1.21 bits per heavy atom. The number of aliphatic carboxylic acids is 1. The first-order valence-electron chi connectivity index (χ1n) is 7.19. The average molecular weight is 261 g/mol. The third-order valence-electron chi connectivity index (χ3n) is 4.01. The van der Waals surface area contributed by atoms with E-state index < -0.39 is 5.97 Å². The fraction of sp³-hybridized carbons (Fsp3) is 0.562. The van der Waals surface area contributed by atoms with Gasteiger partial charge in [-0.25, -0.2) is 0 Å². The van der Waals surface area contributed by atoms with Crippen molar-refractivity contribution in [2.75, 3.05) is 13.1 Å². The standard InChI is InChI=1S/C16H23NO2/c1-2-13-3-5-15(6-4-13)12-17-9-7-14(8-10-17)11-16(18)19/h3-6,14H,2,7-12H2,1H3,(H,18,19). The normalized spacial score (nSPS) is 17.5. The van der Waals surface area contributed by atoms with Crippen LogP contribution in [-0.2, 0) is 17.8 Å². The number of carboxylic acids is 1. The molecule has 3 heteroatoms. The number of likely N-dealkylation sites (tertiary alicyclic amines) is 1. The predicted molar refractivity (Wildman–Crippen MR) is 76.1 cm³/mol. The highest BCUT2D eigenvalue weighted by Gasteiger charge is 2.21. The summed E-state index contributed by atoms with van der Waals surface area (Å²) >= 11 is 0. The Morgan fingerprint density at radius 3 is 2.32 bits per heavy atom. The maximum atomic E-state index is 10.7. The van der Waals surface area contributed by atoms with Crippen LogP contribution in [0.1, 0.15) is 37.3 Å². The summed E-state index contributed by atoms with van der Waals surface area (Å²) < 4.78 is 0. The third-order valence-corrected chi connectivity index (χ3v) is 4.01. The molecule has 1 heterocycles. The molecule has 1 aromatic carbocycles. The largest absolute Gasteiger partial charge is 0.481 e. The minimum absolute atomic E-state index is 0.332. The van der Waals surface area contributed by atoms with Crippen LogP contribution in [0.25, 0.3) is 0 Å². The molecule has 1 fully saturated rings. The zero-order valence-corrected chi connectivity index (χ0v) is 11.6. The lowest BCUT2D eigenvalue weighted by Gasteiger charge is -2.31. The van der Waals surface area contributed by atoms with Gasteiger partial charge in [0, 0.05) is 13.0 Å². The molecule has 104 valence electrons. The highest BCUT2D eigenvalue weighted by molar-refractivity contribution is 5.67. The van der Waals surface area contributed by atoms with Crippen LogP contribution in [0.2, 0.25) is 0 Å². The van der Waals surface area contributed by atoms with E-state index in [2.05, 4.69) is 36.1 Å². The van der Waals surface area contributed by atoms with Crippen LogP contribution >= 0.6 is 0 Å². The lowest BCUT2D eigenvalue weighted by atomic mass is 9.93. The van der Waals surface area contributed by atoms with E-state index in [9.17, 15) is 4.79 Å². The van der Waals surface area contributed by atoms with Gasteiger partial charge in [-0.1, -0.05) is 31.2 Å². The fourth-order valence-electron chi connectivity index (χ4n) is 2.73. The summed E-state index contributed by atoms with van der Waals surface area (Å²) in [5, 5.41) is 8.80. The average Bonchev–Trinajstić information content (AvgIpc) is 2.41. The molecule has 1 aliphatic rings. The molecule has 0 aliphatic carbocycles. The summed E-state index contributed by atoms with van der Waals surface area (Å²) in [5.41, 5.74) is 2.73. The Bertz CT molecular complexity index is 405. The van der Waals surface area contributed by atoms with E-state index in [1.165, 1.54) is 11.1 Å². The summed E-state index contributed by atoms with van der Waals surface area (Å²) in [7, 11) is 0. The lowest BCUT2D eigenvalue weighted by Crippen LogP contribution is -2.33. The third kappa shape index (κ3) is 4.35. The maximum absolute atomic E-state index is 10.7.